The molecule has 0 N–H and O–H groups in total. The van der Waals surface area contributed by atoms with Crippen molar-refractivity contribution in [1.29, 1.82) is 0 Å². The summed E-state index contributed by atoms with van der Waals surface area (Å²) in [6.45, 7) is 0. The topological polar surface area (TPSA) is 0 Å². The van der Waals surface area contributed by atoms with Crippen LogP contribution < -0.4 is 523 Å². The molecule has 0 saturated heterocycles. The molecule has 0 fully saturated rings. The van der Waals surface area contributed by atoms with E-state index in [-0.39, 0.29) is 534 Å². The van der Waals surface area contributed by atoms with E-state index in [1.807, 2.05) is 0 Å². The molecule has 0 aliphatic carbocycles. The first-order valence-corrected chi connectivity index (χ1v) is 0. The van der Waals surface area contributed by atoms with Crippen molar-refractivity contribution in [3.8, 4) is 0 Å². The van der Waals surface area contributed by atoms with E-state index in [0.717, 1.165) is 0 Å². The van der Waals surface area contributed by atoms with Gasteiger partial charge in [0.05, 0.1) is 0 Å². The first kappa shape index (κ1) is 49.6. The molecule has 0 spiro atoms. The minimum absolute atomic E-state index is 0. The molecule has 0 aromatic rings. The summed E-state index contributed by atoms with van der Waals surface area (Å²) < 4.78 is 0. The van der Waals surface area contributed by atoms with Crippen LogP contribution in [0.5, 0.6) is 0 Å². The van der Waals surface area contributed by atoms with E-state index >= 15 is 0 Å². The summed E-state index contributed by atoms with van der Waals surface area (Å²) in [5, 5.41) is 0. The molecule has 0 heterocycles. The average Bonchev–Trinajstić information content (AvgIpc) is 0. The van der Waals surface area contributed by atoms with Gasteiger partial charge in [-0.05, 0) is 0 Å². The molecule has 0 rings (SSSR count). The van der Waals surface area contributed by atoms with Crippen molar-refractivity contribution in [2.45, 2.75) is 0 Å². The molecular weight excluding hydrogens is 922 g/mol. The monoisotopic (exact) mass is 929 g/mol. The fraction of sp³-hybridized carbons (Fsp3) is 0. The maximum absolute atomic E-state index is 0. The van der Waals surface area contributed by atoms with Crippen molar-refractivity contribution in [3.05, 3.63) is 0 Å². The van der Waals surface area contributed by atoms with E-state index in [0.29, 0.717) is 0 Å². The van der Waals surface area contributed by atoms with Crippen LogP contribution in [0.2, 0.25) is 0 Å². The molecule has 0 amide bonds. The predicted molar refractivity (Wildman–Crippen MR) is 8.90 cm³/mol. The third-order valence-corrected chi connectivity index (χ3v) is 0. The summed E-state index contributed by atoms with van der Waals surface area (Å²) in [5.74, 6) is 0. The molecular formula is H8Cs6KRb. The Morgan fingerprint density at radius 1 is 0.500 bits per heavy atom. The summed E-state index contributed by atoms with van der Waals surface area (Å²) in [7, 11) is 0. The van der Waals surface area contributed by atoms with Crippen LogP contribution in [0.4, 0.5) is 0 Å². The van der Waals surface area contributed by atoms with E-state index in [1.165, 1.54) is 0 Å². The van der Waals surface area contributed by atoms with Crippen LogP contribution in [0.3, 0.4) is 0 Å². The SMILES string of the molecule is [Cs+].[Cs+].[Cs+].[Cs+].[Cs+].[Cs+].[H-].[H-].[H-].[H-].[H-].[H-].[H-].[H-].[K+].[Rb+]. The van der Waals surface area contributed by atoms with Crippen LogP contribution >= 0.6 is 0 Å². The minimum atomic E-state index is 0. The van der Waals surface area contributed by atoms with Crippen LogP contribution in [0.1, 0.15) is 11.4 Å². The van der Waals surface area contributed by atoms with E-state index < -0.39 is 0 Å². The first-order valence-electron chi connectivity index (χ1n) is 0. The van der Waals surface area contributed by atoms with E-state index in [1.54, 1.807) is 0 Å². The van der Waals surface area contributed by atoms with Gasteiger partial charge < -0.3 is 11.4 Å². The Bertz CT molecular complexity index is 24.5. The second-order valence-electron chi connectivity index (χ2n) is 0. The van der Waals surface area contributed by atoms with Crippen molar-refractivity contribution in [2.24, 2.45) is 0 Å². The summed E-state index contributed by atoms with van der Waals surface area (Å²) in [5.41, 5.74) is 0. The average molecular weight is 930 g/mol. The fourth-order valence-electron chi connectivity index (χ4n) is 0. The van der Waals surface area contributed by atoms with Gasteiger partial charge in [-0.3, -0.25) is 0 Å². The van der Waals surface area contributed by atoms with Crippen LogP contribution in [0.25, 0.3) is 0 Å². The fourth-order valence-corrected chi connectivity index (χ4v) is 0. The van der Waals surface area contributed by atoms with Gasteiger partial charge in [-0.15, -0.1) is 0 Å². The van der Waals surface area contributed by atoms with Crippen LogP contribution in [-0.2, 0) is 0 Å². The second kappa shape index (κ2) is 43.4. The van der Waals surface area contributed by atoms with Crippen LogP contribution in [-0.4, -0.2) is 0 Å². The van der Waals surface area contributed by atoms with Crippen molar-refractivity contribution < 1.29 is 534 Å². The van der Waals surface area contributed by atoms with Gasteiger partial charge in [0, 0.05) is 0 Å². The molecule has 0 aliphatic rings. The van der Waals surface area contributed by atoms with E-state index in [2.05, 4.69) is 0 Å². The van der Waals surface area contributed by atoms with Gasteiger partial charge in [-0.2, -0.15) is 0 Å². The zero-order chi connectivity index (χ0) is 0. The predicted octanol–water partition coefficient (Wildman–Crippen LogP) is -23.1. The van der Waals surface area contributed by atoms with Gasteiger partial charge in [0.1, 0.15) is 0 Å². The molecule has 0 unspecified atom stereocenters. The Labute approximate surface area is 509 Å². The zero-order valence-electron chi connectivity index (χ0n) is 16.0. The Hall–Kier alpha value is 15.8. The molecule has 0 aromatic carbocycles. The number of rotatable bonds is 0. The smallest absolute Gasteiger partial charge is 1.00 e. The molecule has 0 atom stereocenters. The quantitative estimate of drug-likeness (QED) is 0.212. The van der Waals surface area contributed by atoms with E-state index in [4.69, 9.17) is 0 Å². The molecule has 16 valence electrons. The molecule has 8 heavy (non-hydrogen) atoms. The maximum atomic E-state index is 0. The third-order valence-electron chi connectivity index (χ3n) is 0. The summed E-state index contributed by atoms with van der Waals surface area (Å²) in [4.78, 5) is 0. The summed E-state index contributed by atoms with van der Waals surface area (Å²) in [6.07, 6.45) is 0. The Kier molecular flexibility index (Phi) is 269. The normalized spacial score (nSPS) is 0. The summed E-state index contributed by atoms with van der Waals surface area (Å²) >= 11 is 0. The van der Waals surface area contributed by atoms with E-state index in [9.17, 15) is 0 Å². The maximum Gasteiger partial charge on any atom is 1.00 e. The molecule has 0 aromatic heterocycles. The Morgan fingerprint density at radius 3 is 0.500 bits per heavy atom. The van der Waals surface area contributed by atoms with Gasteiger partial charge in [0.2, 0.25) is 0 Å². The third kappa shape index (κ3) is 37.8. The van der Waals surface area contributed by atoms with Gasteiger partial charge >= 0.3 is 523 Å². The molecule has 0 nitrogen and oxygen atoms in total. The molecule has 8 heteroatoms. The van der Waals surface area contributed by atoms with Crippen LogP contribution in [0.15, 0.2) is 0 Å². The number of hydrogen-bond acceptors (Lipinski definition) is 0. The standard InChI is InChI=1S/6Cs.K.Rb.8H/q8*+1;8*-1. The molecule has 0 radical (unpaired) electrons. The van der Waals surface area contributed by atoms with Crippen molar-refractivity contribution in [1.82, 2.24) is 0 Å². The summed E-state index contributed by atoms with van der Waals surface area (Å²) in [6, 6.07) is 0. The zero-order valence-corrected chi connectivity index (χ0v) is 53.7. The molecule has 0 saturated carbocycles. The second-order valence-corrected chi connectivity index (χ2v) is 0. The van der Waals surface area contributed by atoms with Crippen molar-refractivity contribution in [2.75, 3.05) is 0 Å². The van der Waals surface area contributed by atoms with Gasteiger partial charge in [0.25, 0.3) is 0 Å². The molecule has 0 aliphatic heterocycles. The van der Waals surface area contributed by atoms with Crippen LogP contribution in [0, 0.1) is 0 Å². The first-order chi connectivity index (χ1) is 0. The Morgan fingerprint density at radius 2 is 0.500 bits per heavy atom. The van der Waals surface area contributed by atoms with Crippen molar-refractivity contribution >= 4 is 0 Å². The Balaban J connectivity index is 0. The van der Waals surface area contributed by atoms with Gasteiger partial charge in [-0.1, -0.05) is 0 Å². The largest absolute Gasteiger partial charge is 1.00 e. The van der Waals surface area contributed by atoms with Crippen molar-refractivity contribution in [3.63, 3.8) is 0 Å². The molecule has 0 bridgehead atoms. The number of hydrogen-bond donors (Lipinski definition) is 0. The van der Waals surface area contributed by atoms with Gasteiger partial charge in [0.15, 0.2) is 0 Å². The van der Waals surface area contributed by atoms with Gasteiger partial charge in [-0.25, -0.2) is 0 Å². The minimum Gasteiger partial charge on any atom is -1.00 e.